The minimum absolute atomic E-state index is 0.0806. The fraction of sp³-hybridized carbons (Fsp3) is 0.500. The molecule has 0 aromatic carbocycles. The number of hydrogen-bond acceptors (Lipinski definition) is 7. The van der Waals surface area contributed by atoms with Crippen LogP contribution >= 0.6 is 0 Å². The maximum absolute atomic E-state index is 11.4. The number of esters is 1. The third-order valence-corrected chi connectivity index (χ3v) is 3.27. The average molecular weight is 280 g/mol. The lowest BCUT2D eigenvalue weighted by Gasteiger charge is -2.32. The van der Waals surface area contributed by atoms with Crippen LogP contribution in [0.5, 0.6) is 0 Å². The average Bonchev–Trinajstić information content (AvgIpc) is 2.46. The first-order valence-corrected chi connectivity index (χ1v) is 6.19. The van der Waals surface area contributed by atoms with Crippen LogP contribution in [0.4, 0.5) is 11.5 Å². The van der Waals surface area contributed by atoms with E-state index >= 15 is 0 Å². The number of carbonyl (C=O) groups excluding carboxylic acids is 1. The molecular weight excluding hydrogens is 264 g/mol. The van der Waals surface area contributed by atoms with E-state index in [-0.39, 0.29) is 11.3 Å². The van der Waals surface area contributed by atoms with Crippen molar-refractivity contribution in [1.29, 1.82) is 0 Å². The molecule has 0 bridgehead atoms. The number of likely N-dealkylation sites (N-methyl/N-ethyl adjacent to an activating group) is 1. The molecule has 1 aliphatic rings. The molecule has 1 aliphatic heterocycles. The summed E-state index contributed by atoms with van der Waals surface area (Å²) in [4.78, 5) is 30.1. The van der Waals surface area contributed by atoms with E-state index in [4.69, 9.17) is 0 Å². The lowest BCUT2D eigenvalue weighted by molar-refractivity contribution is -0.384. The Morgan fingerprint density at radius 2 is 2.05 bits per heavy atom. The van der Waals surface area contributed by atoms with Gasteiger partial charge >= 0.3 is 11.7 Å². The van der Waals surface area contributed by atoms with Crippen LogP contribution in [0.25, 0.3) is 0 Å². The molecule has 108 valence electrons. The molecule has 2 rings (SSSR count). The smallest absolute Gasteiger partial charge is 0.339 e. The summed E-state index contributed by atoms with van der Waals surface area (Å²) in [6.07, 6.45) is 1.31. The van der Waals surface area contributed by atoms with Crippen molar-refractivity contribution < 1.29 is 14.5 Å². The molecule has 0 aliphatic carbocycles. The minimum Gasteiger partial charge on any atom is -0.465 e. The van der Waals surface area contributed by atoms with Crippen LogP contribution < -0.4 is 4.90 Å². The number of nitrogens with zero attached hydrogens (tertiary/aromatic N) is 4. The van der Waals surface area contributed by atoms with E-state index in [0.29, 0.717) is 18.9 Å². The number of nitro groups is 1. The Morgan fingerprint density at radius 3 is 2.60 bits per heavy atom. The number of carbonyl (C=O) groups is 1. The van der Waals surface area contributed by atoms with Gasteiger partial charge in [0.1, 0.15) is 0 Å². The first-order chi connectivity index (χ1) is 9.52. The molecule has 2 heterocycles. The normalized spacial score (nSPS) is 16.0. The molecule has 0 N–H and O–H groups in total. The summed E-state index contributed by atoms with van der Waals surface area (Å²) < 4.78 is 4.55. The van der Waals surface area contributed by atoms with Gasteiger partial charge in [0.2, 0.25) is 5.82 Å². The van der Waals surface area contributed by atoms with Crippen LogP contribution in [0.2, 0.25) is 0 Å². The van der Waals surface area contributed by atoms with Crippen molar-refractivity contribution in [3.8, 4) is 0 Å². The molecule has 1 fully saturated rings. The molecule has 1 aromatic rings. The maximum Gasteiger partial charge on any atom is 0.339 e. The summed E-state index contributed by atoms with van der Waals surface area (Å²) in [7, 11) is 3.22. The third-order valence-electron chi connectivity index (χ3n) is 3.27. The van der Waals surface area contributed by atoms with E-state index in [1.54, 1.807) is 0 Å². The molecular formula is C12H16N4O4. The maximum atomic E-state index is 11.4. The standard InChI is InChI=1S/C12H16N4O4/c1-14-3-5-15(6-4-14)11-10(16(18)19)7-9(8-13-11)12(17)20-2/h7-8H,3-6H2,1-2H3. The highest BCUT2D eigenvalue weighted by molar-refractivity contribution is 5.90. The molecule has 0 radical (unpaired) electrons. The van der Waals surface area contributed by atoms with Gasteiger partial charge < -0.3 is 14.5 Å². The quantitative estimate of drug-likeness (QED) is 0.453. The van der Waals surface area contributed by atoms with E-state index in [1.807, 2.05) is 11.9 Å². The molecule has 1 saturated heterocycles. The molecule has 8 nitrogen and oxygen atoms in total. The van der Waals surface area contributed by atoms with Gasteiger partial charge in [-0.15, -0.1) is 0 Å². The molecule has 8 heteroatoms. The van der Waals surface area contributed by atoms with Crippen LogP contribution in [0.3, 0.4) is 0 Å². The highest BCUT2D eigenvalue weighted by Crippen LogP contribution is 2.27. The van der Waals surface area contributed by atoms with Crippen LogP contribution in [0.15, 0.2) is 12.3 Å². The number of rotatable bonds is 3. The molecule has 0 atom stereocenters. The number of methoxy groups -OCH3 is 1. The monoisotopic (exact) mass is 280 g/mol. The Balaban J connectivity index is 2.33. The van der Waals surface area contributed by atoms with Gasteiger partial charge in [0.05, 0.1) is 17.6 Å². The molecule has 1 aromatic heterocycles. The predicted molar refractivity (Wildman–Crippen MR) is 71.9 cm³/mol. The van der Waals surface area contributed by atoms with Crippen LogP contribution in [0, 0.1) is 10.1 Å². The Hall–Kier alpha value is -2.22. The number of ether oxygens (including phenoxy) is 1. The highest BCUT2D eigenvalue weighted by Gasteiger charge is 2.25. The largest absolute Gasteiger partial charge is 0.465 e. The van der Waals surface area contributed by atoms with E-state index < -0.39 is 10.9 Å². The van der Waals surface area contributed by atoms with Crippen LogP contribution in [-0.4, -0.2) is 61.1 Å². The summed E-state index contributed by atoms with van der Waals surface area (Å²) in [6, 6.07) is 1.21. The van der Waals surface area contributed by atoms with Gasteiger partial charge in [0, 0.05) is 38.4 Å². The second-order valence-electron chi connectivity index (χ2n) is 4.61. The van der Waals surface area contributed by atoms with Crippen molar-refractivity contribution in [2.75, 3.05) is 45.2 Å². The fourth-order valence-corrected chi connectivity index (χ4v) is 2.07. The fourth-order valence-electron chi connectivity index (χ4n) is 2.07. The first-order valence-electron chi connectivity index (χ1n) is 6.19. The van der Waals surface area contributed by atoms with Crippen LogP contribution in [-0.2, 0) is 4.74 Å². The summed E-state index contributed by atoms with van der Waals surface area (Å²) >= 11 is 0. The zero-order valence-electron chi connectivity index (χ0n) is 11.4. The first kappa shape index (κ1) is 14.2. The van der Waals surface area contributed by atoms with Gasteiger partial charge in [-0.3, -0.25) is 10.1 Å². The van der Waals surface area contributed by atoms with Crippen molar-refractivity contribution in [3.63, 3.8) is 0 Å². The van der Waals surface area contributed by atoms with Crippen molar-refractivity contribution in [1.82, 2.24) is 9.88 Å². The molecule has 0 saturated carbocycles. The van der Waals surface area contributed by atoms with Gasteiger partial charge in [-0.05, 0) is 7.05 Å². The second-order valence-corrected chi connectivity index (χ2v) is 4.61. The number of hydrogen-bond donors (Lipinski definition) is 0. The Bertz CT molecular complexity index is 526. The summed E-state index contributed by atoms with van der Waals surface area (Å²) in [5.74, 6) is -0.332. The van der Waals surface area contributed by atoms with Crippen molar-refractivity contribution in [2.24, 2.45) is 0 Å². The molecule has 0 amide bonds. The molecule has 20 heavy (non-hydrogen) atoms. The van der Waals surface area contributed by atoms with Crippen molar-refractivity contribution >= 4 is 17.5 Å². The van der Waals surface area contributed by atoms with Gasteiger partial charge in [0.25, 0.3) is 0 Å². The second kappa shape index (κ2) is 5.83. The van der Waals surface area contributed by atoms with Crippen molar-refractivity contribution in [3.05, 3.63) is 27.9 Å². The molecule has 0 unspecified atom stereocenters. The minimum atomic E-state index is -0.634. The van der Waals surface area contributed by atoms with E-state index in [0.717, 1.165) is 13.1 Å². The molecule has 0 spiro atoms. The number of aromatic nitrogens is 1. The van der Waals surface area contributed by atoms with Gasteiger partial charge in [-0.1, -0.05) is 0 Å². The lowest BCUT2D eigenvalue weighted by atomic mass is 10.2. The third kappa shape index (κ3) is 2.85. The summed E-state index contributed by atoms with van der Waals surface area (Å²) in [5.41, 5.74) is -0.0884. The highest BCUT2D eigenvalue weighted by atomic mass is 16.6. The predicted octanol–water partition coefficient (Wildman–Crippen LogP) is 0.528. The Morgan fingerprint density at radius 1 is 1.40 bits per heavy atom. The van der Waals surface area contributed by atoms with E-state index in [2.05, 4.69) is 14.6 Å². The topological polar surface area (TPSA) is 88.8 Å². The zero-order valence-corrected chi connectivity index (χ0v) is 11.4. The number of pyridine rings is 1. The number of anilines is 1. The Labute approximate surface area is 116 Å². The van der Waals surface area contributed by atoms with E-state index in [1.165, 1.54) is 19.4 Å². The number of piperazine rings is 1. The van der Waals surface area contributed by atoms with Gasteiger partial charge in [-0.25, -0.2) is 9.78 Å². The van der Waals surface area contributed by atoms with Gasteiger partial charge in [-0.2, -0.15) is 0 Å². The van der Waals surface area contributed by atoms with Crippen molar-refractivity contribution in [2.45, 2.75) is 0 Å². The summed E-state index contributed by atoms with van der Waals surface area (Å²) in [6.45, 7) is 2.97. The zero-order chi connectivity index (χ0) is 14.7. The SMILES string of the molecule is COC(=O)c1cnc(N2CCN(C)CC2)c([N+](=O)[O-])c1. The lowest BCUT2D eigenvalue weighted by Crippen LogP contribution is -2.45. The van der Waals surface area contributed by atoms with Gasteiger partial charge in [0.15, 0.2) is 0 Å². The van der Waals surface area contributed by atoms with E-state index in [9.17, 15) is 14.9 Å². The van der Waals surface area contributed by atoms with Crippen LogP contribution in [0.1, 0.15) is 10.4 Å². The summed E-state index contributed by atoms with van der Waals surface area (Å²) in [5, 5.41) is 11.2. The Kier molecular flexibility index (Phi) is 4.14.